The highest BCUT2D eigenvalue weighted by Gasteiger charge is 2.47. The summed E-state index contributed by atoms with van der Waals surface area (Å²) in [7, 11) is 0. The summed E-state index contributed by atoms with van der Waals surface area (Å²) < 4.78 is 10.7. The van der Waals surface area contributed by atoms with Crippen molar-refractivity contribution in [3.63, 3.8) is 0 Å². The van der Waals surface area contributed by atoms with E-state index >= 15 is 0 Å². The molecule has 0 saturated heterocycles. The molecule has 1 fully saturated rings. The third-order valence-corrected chi connectivity index (χ3v) is 4.10. The Bertz CT molecular complexity index is 695. The Hall–Kier alpha value is -2.11. The van der Waals surface area contributed by atoms with Crippen molar-refractivity contribution in [3.05, 3.63) is 35.9 Å². The van der Waals surface area contributed by atoms with E-state index in [1.54, 1.807) is 6.26 Å². The van der Waals surface area contributed by atoms with Crippen molar-refractivity contribution in [2.45, 2.75) is 57.9 Å². The van der Waals surface area contributed by atoms with Gasteiger partial charge in [-0.1, -0.05) is 25.9 Å². The first-order valence-electron chi connectivity index (χ1n) is 7.88. The summed E-state index contributed by atoms with van der Waals surface area (Å²) in [5.74, 6) is 2.06. The lowest BCUT2D eigenvalue weighted by Gasteiger charge is -2.22. The van der Waals surface area contributed by atoms with Crippen LogP contribution in [0.15, 0.2) is 27.3 Å². The van der Waals surface area contributed by atoms with Crippen LogP contribution in [0.3, 0.4) is 0 Å². The Morgan fingerprint density at radius 3 is 2.61 bits per heavy atom. The molecule has 2 aromatic rings. The largest absolute Gasteiger partial charge is 0.469 e. The molecule has 0 bridgehead atoms. The summed E-state index contributed by atoms with van der Waals surface area (Å²) in [6, 6.07) is 3.76. The third kappa shape index (κ3) is 3.16. The lowest BCUT2D eigenvalue weighted by molar-refractivity contribution is -0.124. The van der Waals surface area contributed by atoms with Gasteiger partial charge in [-0.15, -0.1) is 0 Å². The Labute approximate surface area is 135 Å². The minimum atomic E-state index is -0.680. The summed E-state index contributed by atoms with van der Waals surface area (Å²) in [5, 5.41) is 7.06. The molecule has 6 nitrogen and oxygen atoms in total. The summed E-state index contributed by atoms with van der Waals surface area (Å²) in [6.07, 6.45) is 2.45. The molecule has 1 N–H and O–H groups in total. The van der Waals surface area contributed by atoms with E-state index in [1.165, 1.54) is 0 Å². The van der Waals surface area contributed by atoms with Crippen LogP contribution in [0.5, 0.6) is 0 Å². The molecule has 1 aliphatic rings. The van der Waals surface area contributed by atoms with Crippen molar-refractivity contribution in [1.29, 1.82) is 0 Å². The maximum atomic E-state index is 12.5. The number of hydrogen-bond acceptors (Lipinski definition) is 5. The molecule has 0 unspecified atom stereocenters. The van der Waals surface area contributed by atoms with Gasteiger partial charge in [0.1, 0.15) is 5.76 Å². The first-order chi connectivity index (χ1) is 10.7. The van der Waals surface area contributed by atoms with Gasteiger partial charge in [0.15, 0.2) is 5.82 Å². The van der Waals surface area contributed by atoms with Crippen LogP contribution >= 0.6 is 0 Å². The highest BCUT2D eigenvalue weighted by molar-refractivity contribution is 5.83. The summed E-state index contributed by atoms with van der Waals surface area (Å²) in [6.45, 7) is 9.79. The van der Waals surface area contributed by atoms with Gasteiger partial charge in [0.2, 0.25) is 11.8 Å². The predicted molar refractivity (Wildman–Crippen MR) is 83.7 cm³/mol. The number of nitrogens with one attached hydrogen (secondary N) is 1. The molecule has 0 aliphatic heterocycles. The van der Waals surface area contributed by atoms with Gasteiger partial charge in [0.25, 0.3) is 0 Å². The van der Waals surface area contributed by atoms with Crippen LogP contribution in [0.2, 0.25) is 0 Å². The highest BCUT2D eigenvalue weighted by atomic mass is 16.5. The molecule has 3 rings (SSSR count). The molecule has 124 valence electrons. The van der Waals surface area contributed by atoms with Gasteiger partial charge >= 0.3 is 0 Å². The van der Waals surface area contributed by atoms with Crippen molar-refractivity contribution < 1.29 is 13.7 Å². The molecular weight excluding hydrogens is 294 g/mol. The van der Waals surface area contributed by atoms with Gasteiger partial charge in [-0.25, -0.2) is 0 Å². The van der Waals surface area contributed by atoms with E-state index in [4.69, 9.17) is 8.94 Å². The number of carbonyl (C=O) groups is 1. The fraction of sp³-hybridized carbons (Fsp3) is 0.588. The lowest BCUT2D eigenvalue weighted by Crippen LogP contribution is -2.43. The minimum Gasteiger partial charge on any atom is -0.469 e. The van der Waals surface area contributed by atoms with Crippen molar-refractivity contribution >= 4 is 5.91 Å². The van der Waals surface area contributed by atoms with Gasteiger partial charge in [-0.2, -0.15) is 4.98 Å². The second-order valence-corrected chi connectivity index (χ2v) is 7.75. The second kappa shape index (κ2) is 5.22. The van der Waals surface area contributed by atoms with Crippen LogP contribution < -0.4 is 5.32 Å². The number of hydrogen-bond donors (Lipinski definition) is 1. The number of rotatable bonds is 4. The predicted octanol–water partition coefficient (Wildman–Crippen LogP) is 3.12. The molecule has 1 saturated carbocycles. The molecule has 6 heteroatoms. The molecule has 1 aliphatic carbocycles. The fourth-order valence-electron chi connectivity index (χ4n) is 2.54. The fourth-order valence-corrected chi connectivity index (χ4v) is 2.54. The Kier molecular flexibility index (Phi) is 3.58. The number of amides is 1. The third-order valence-electron chi connectivity index (χ3n) is 4.10. The molecule has 1 amide bonds. The van der Waals surface area contributed by atoms with Gasteiger partial charge < -0.3 is 14.3 Å². The van der Waals surface area contributed by atoms with E-state index in [1.807, 2.05) is 46.8 Å². The van der Waals surface area contributed by atoms with Crippen molar-refractivity contribution in [1.82, 2.24) is 15.5 Å². The van der Waals surface area contributed by atoms with Gasteiger partial charge in [0.05, 0.1) is 11.8 Å². The number of aromatic nitrogens is 2. The lowest BCUT2D eigenvalue weighted by atomic mass is 9.97. The minimum absolute atomic E-state index is 0.00138. The normalized spacial score (nSPS) is 21.3. The van der Waals surface area contributed by atoms with Gasteiger partial charge in [-0.3, -0.25) is 4.79 Å². The maximum absolute atomic E-state index is 12.5. The SMILES string of the molecule is CC(C)(C)c1nc(C(C)(C)NC(=O)[C@H]2C[C@@H]2c2ccco2)no1. The van der Waals surface area contributed by atoms with E-state index in [9.17, 15) is 4.79 Å². The molecule has 0 spiro atoms. The number of nitrogens with zero attached hydrogens (tertiary/aromatic N) is 2. The van der Waals surface area contributed by atoms with Crippen LogP contribution in [-0.4, -0.2) is 16.0 Å². The van der Waals surface area contributed by atoms with Crippen LogP contribution in [0, 0.1) is 5.92 Å². The van der Waals surface area contributed by atoms with E-state index in [-0.39, 0.29) is 23.2 Å². The van der Waals surface area contributed by atoms with Crippen LogP contribution in [0.1, 0.15) is 64.4 Å². The van der Waals surface area contributed by atoms with Crippen LogP contribution in [-0.2, 0) is 15.7 Å². The molecule has 0 radical (unpaired) electrons. The first-order valence-corrected chi connectivity index (χ1v) is 7.88. The van der Waals surface area contributed by atoms with E-state index in [2.05, 4.69) is 15.5 Å². The smallest absolute Gasteiger partial charge is 0.232 e. The van der Waals surface area contributed by atoms with Gasteiger partial charge in [-0.05, 0) is 32.4 Å². The van der Waals surface area contributed by atoms with Crippen LogP contribution in [0.4, 0.5) is 0 Å². The zero-order valence-electron chi connectivity index (χ0n) is 14.2. The maximum Gasteiger partial charge on any atom is 0.232 e. The molecule has 0 aromatic carbocycles. The van der Waals surface area contributed by atoms with E-state index in [0.717, 1.165) is 12.2 Å². The van der Waals surface area contributed by atoms with Crippen molar-refractivity contribution in [2.24, 2.45) is 5.92 Å². The Balaban J connectivity index is 1.67. The topological polar surface area (TPSA) is 81.2 Å². The zero-order valence-corrected chi connectivity index (χ0v) is 14.2. The summed E-state index contributed by atoms with van der Waals surface area (Å²) in [5.41, 5.74) is -0.896. The molecule has 23 heavy (non-hydrogen) atoms. The monoisotopic (exact) mass is 317 g/mol. The van der Waals surface area contributed by atoms with Gasteiger partial charge in [0, 0.05) is 17.3 Å². The van der Waals surface area contributed by atoms with E-state index in [0.29, 0.717) is 11.7 Å². The average molecular weight is 317 g/mol. The zero-order chi connectivity index (χ0) is 16.8. The summed E-state index contributed by atoms with van der Waals surface area (Å²) >= 11 is 0. The van der Waals surface area contributed by atoms with Crippen molar-refractivity contribution in [3.8, 4) is 0 Å². The Morgan fingerprint density at radius 2 is 2.04 bits per heavy atom. The van der Waals surface area contributed by atoms with Crippen LogP contribution in [0.25, 0.3) is 0 Å². The molecular formula is C17H23N3O3. The van der Waals surface area contributed by atoms with Crippen molar-refractivity contribution in [2.75, 3.05) is 0 Å². The molecule has 2 atom stereocenters. The standard InChI is InChI=1S/C17H23N3O3/c1-16(2,3)15-18-14(20-23-15)17(4,5)19-13(21)11-9-10(11)12-7-6-8-22-12/h6-8,10-11H,9H2,1-5H3,(H,19,21)/t10-,11-/m0/s1. The first kappa shape index (κ1) is 15.8. The highest BCUT2D eigenvalue weighted by Crippen LogP contribution is 2.48. The average Bonchev–Trinajstić information content (AvgIpc) is 2.91. The quantitative estimate of drug-likeness (QED) is 0.937. The van der Waals surface area contributed by atoms with E-state index < -0.39 is 5.54 Å². The number of carbonyl (C=O) groups excluding carboxylic acids is 1. The Morgan fingerprint density at radius 1 is 1.30 bits per heavy atom. The summed E-state index contributed by atoms with van der Waals surface area (Å²) in [4.78, 5) is 16.9. The number of furan rings is 1. The molecule has 2 heterocycles. The second-order valence-electron chi connectivity index (χ2n) is 7.75. The molecule has 2 aromatic heterocycles.